The first-order chi connectivity index (χ1) is 9.41. The van der Waals surface area contributed by atoms with Crippen LogP contribution in [0.15, 0.2) is 17.3 Å². The molecule has 0 spiro atoms. The van der Waals surface area contributed by atoms with Crippen LogP contribution in [0.2, 0.25) is 0 Å². The lowest BCUT2D eigenvalue weighted by Crippen LogP contribution is -2.36. The van der Waals surface area contributed by atoms with Gasteiger partial charge < -0.3 is 9.84 Å². The van der Waals surface area contributed by atoms with Gasteiger partial charge in [0.1, 0.15) is 4.90 Å². The molecule has 0 aliphatic heterocycles. The van der Waals surface area contributed by atoms with E-state index in [1.54, 1.807) is 7.11 Å². The number of methoxy groups -OCH3 is 1. The molecule has 0 amide bonds. The van der Waals surface area contributed by atoms with Gasteiger partial charge in [0.25, 0.3) is 0 Å². The second-order valence-electron chi connectivity index (χ2n) is 4.91. The fourth-order valence-corrected chi connectivity index (χ4v) is 3.30. The Labute approximate surface area is 120 Å². The molecule has 1 N–H and O–H groups in total. The maximum absolute atomic E-state index is 12.5. The van der Waals surface area contributed by atoms with E-state index in [2.05, 4.69) is 5.10 Å². The topological polar surface area (TPSA) is 84.7 Å². The number of aromatic nitrogens is 2. The van der Waals surface area contributed by atoms with Crippen molar-refractivity contribution in [3.8, 4) is 0 Å². The lowest BCUT2D eigenvalue weighted by atomic mass is 10.2. The summed E-state index contributed by atoms with van der Waals surface area (Å²) in [7, 11) is -2.04. The van der Waals surface area contributed by atoms with E-state index in [4.69, 9.17) is 9.84 Å². The summed E-state index contributed by atoms with van der Waals surface area (Å²) >= 11 is 0. The molecule has 1 aromatic heterocycles. The highest BCUT2D eigenvalue weighted by atomic mass is 32.2. The van der Waals surface area contributed by atoms with E-state index in [0.29, 0.717) is 19.7 Å². The molecular weight excluding hydrogens is 282 g/mol. The average molecular weight is 305 g/mol. The van der Waals surface area contributed by atoms with Gasteiger partial charge in [-0.3, -0.25) is 4.68 Å². The summed E-state index contributed by atoms with van der Waals surface area (Å²) in [6.07, 6.45) is 2.75. The third kappa shape index (κ3) is 4.55. The highest BCUT2D eigenvalue weighted by Gasteiger charge is 2.26. The average Bonchev–Trinajstić information content (AvgIpc) is 2.83. The van der Waals surface area contributed by atoms with Crippen LogP contribution in [0.25, 0.3) is 0 Å². The van der Waals surface area contributed by atoms with E-state index in [-0.39, 0.29) is 24.0 Å². The second kappa shape index (κ2) is 7.72. The van der Waals surface area contributed by atoms with Crippen LogP contribution < -0.4 is 0 Å². The lowest BCUT2D eigenvalue weighted by molar-refractivity contribution is 0.175. The predicted octanol–water partition coefficient (Wildman–Crippen LogP) is 0.169. The summed E-state index contributed by atoms with van der Waals surface area (Å²) in [4.78, 5) is 0.141. The van der Waals surface area contributed by atoms with Crippen molar-refractivity contribution in [2.45, 2.75) is 25.3 Å². The van der Waals surface area contributed by atoms with Gasteiger partial charge in [-0.1, -0.05) is 13.8 Å². The van der Waals surface area contributed by atoms with Gasteiger partial charge in [-0.15, -0.1) is 0 Å². The van der Waals surface area contributed by atoms with Crippen molar-refractivity contribution in [3.63, 3.8) is 0 Å². The summed E-state index contributed by atoms with van der Waals surface area (Å²) in [6.45, 7) is 5.20. The van der Waals surface area contributed by atoms with E-state index >= 15 is 0 Å². The molecule has 7 nitrogen and oxygen atoms in total. The summed E-state index contributed by atoms with van der Waals surface area (Å²) in [5, 5.41) is 12.8. The summed E-state index contributed by atoms with van der Waals surface area (Å²) in [5.74, 6) is 0.217. The molecule has 0 saturated carbocycles. The Bertz CT molecular complexity index is 499. The number of nitrogens with zero attached hydrogens (tertiary/aromatic N) is 3. The number of aliphatic hydroxyl groups is 1. The minimum absolute atomic E-state index is 0.0828. The zero-order chi connectivity index (χ0) is 15.2. The van der Waals surface area contributed by atoms with E-state index in [9.17, 15) is 8.42 Å². The van der Waals surface area contributed by atoms with Crippen molar-refractivity contribution in [2.24, 2.45) is 5.92 Å². The van der Waals surface area contributed by atoms with Crippen LogP contribution in [0.4, 0.5) is 0 Å². The van der Waals surface area contributed by atoms with Crippen molar-refractivity contribution >= 4 is 10.0 Å². The Morgan fingerprint density at radius 3 is 2.75 bits per heavy atom. The molecule has 0 atom stereocenters. The third-order valence-electron chi connectivity index (χ3n) is 2.69. The van der Waals surface area contributed by atoms with Gasteiger partial charge >= 0.3 is 0 Å². The molecule has 0 aromatic carbocycles. The summed E-state index contributed by atoms with van der Waals surface area (Å²) in [6, 6.07) is 0. The SMILES string of the molecule is COCCN(CC(C)C)S(=O)(=O)c1cnn(CCO)c1. The van der Waals surface area contributed by atoms with Crippen molar-refractivity contribution in [3.05, 3.63) is 12.4 Å². The smallest absolute Gasteiger partial charge is 0.246 e. The van der Waals surface area contributed by atoms with Crippen molar-refractivity contribution in [1.82, 2.24) is 14.1 Å². The second-order valence-corrected chi connectivity index (χ2v) is 6.85. The number of rotatable bonds is 9. The van der Waals surface area contributed by atoms with Crippen molar-refractivity contribution < 1.29 is 18.3 Å². The first-order valence-electron chi connectivity index (χ1n) is 6.54. The quantitative estimate of drug-likeness (QED) is 0.703. The van der Waals surface area contributed by atoms with Crippen LogP contribution in [-0.4, -0.2) is 61.0 Å². The number of ether oxygens (including phenoxy) is 1. The van der Waals surface area contributed by atoms with Gasteiger partial charge in [0.2, 0.25) is 10.0 Å². The molecule has 0 unspecified atom stereocenters. The standard InChI is InChI=1S/C12H23N3O4S/c1-11(2)9-15(5-7-19-3)20(17,18)12-8-13-14(10-12)4-6-16/h8,10-11,16H,4-7,9H2,1-3H3. The molecule has 0 aliphatic rings. The Morgan fingerprint density at radius 1 is 1.50 bits per heavy atom. The van der Waals surface area contributed by atoms with Crippen molar-refractivity contribution in [1.29, 1.82) is 0 Å². The maximum Gasteiger partial charge on any atom is 0.246 e. The molecule has 0 aliphatic carbocycles. The highest BCUT2D eigenvalue weighted by molar-refractivity contribution is 7.89. The fourth-order valence-electron chi connectivity index (χ4n) is 1.76. The van der Waals surface area contributed by atoms with E-state index in [0.717, 1.165) is 0 Å². The Morgan fingerprint density at radius 2 is 2.20 bits per heavy atom. The highest BCUT2D eigenvalue weighted by Crippen LogP contribution is 2.16. The molecular formula is C12H23N3O4S. The van der Waals surface area contributed by atoms with Gasteiger partial charge in [0.05, 0.1) is 26.0 Å². The van der Waals surface area contributed by atoms with Gasteiger partial charge in [0, 0.05) is 26.4 Å². The predicted molar refractivity (Wildman–Crippen MR) is 74.8 cm³/mol. The fraction of sp³-hybridized carbons (Fsp3) is 0.750. The molecule has 0 radical (unpaired) electrons. The monoisotopic (exact) mass is 305 g/mol. The summed E-state index contributed by atoms with van der Waals surface area (Å²) in [5.41, 5.74) is 0. The number of hydrogen-bond acceptors (Lipinski definition) is 5. The number of aliphatic hydroxyl groups excluding tert-OH is 1. The molecule has 1 rings (SSSR count). The molecule has 8 heteroatoms. The largest absolute Gasteiger partial charge is 0.394 e. The normalized spacial score (nSPS) is 12.5. The maximum atomic E-state index is 12.5. The minimum Gasteiger partial charge on any atom is -0.394 e. The zero-order valence-corrected chi connectivity index (χ0v) is 13.0. The molecule has 0 saturated heterocycles. The molecule has 0 fully saturated rings. The van der Waals surface area contributed by atoms with Crippen LogP contribution in [0, 0.1) is 5.92 Å². The number of hydrogen-bond donors (Lipinski definition) is 1. The molecule has 116 valence electrons. The van der Waals surface area contributed by atoms with Crippen LogP contribution in [0.3, 0.4) is 0 Å². The first-order valence-corrected chi connectivity index (χ1v) is 7.98. The lowest BCUT2D eigenvalue weighted by Gasteiger charge is -2.22. The Balaban J connectivity index is 2.94. The van der Waals surface area contributed by atoms with E-state index < -0.39 is 10.0 Å². The van der Waals surface area contributed by atoms with E-state index in [1.165, 1.54) is 21.4 Å². The van der Waals surface area contributed by atoms with E-state index in [1.807, 2.05) is 13.8 Å². The molecule has 1 heterocycles. The third-order valence-corrected chi connectivity index (χ3v) is 4.51. The van der Waals surface area contributed by atoms with Gasteiger partial charge in [-0.2, -0.15) is 9.40 Å². The molecule has 1 aromatic rings. The van der Waals surface area contributed by atoms with Crippen LogP contribution in [0.1, 0.15) is 13.8 Å². The zero-order valence-electron chi connectivity index (χ0n) is 12.2. The molecule has 0 bridgehead atoms. The minimum atomic E-state index is -3.58. The molecule has 20 heavy (non-hydrogen) atoms. The Kier molecular flexibility index (Phi) is 6.60. The van der Waals surface area contributed by atoms with Gasteiger partial charge in [-0.25, -0.2) is 8.42 Å². The van der Waals surface area contributed by atoms with Gasteiger partial charge in [-0.05, 0) is 5.92 Å². The van der Waals surface area contributed by atoms with Gasteiger partial charge in [0.15, 0.2) is 0 Å². The van der Waals surface area contributed by atoms with Crippen LogP contribution in [-0.2, 0) is 21.3 Å². The van der Waals surface area contributed by atoms with Crippen LogP contribution in [0.5, 0.6) is 0 Å². The first kappa shape index (κ1) is 17.1. The van der Waals surface area contributed by atoms with Crippen LogP contribution >= 0.6 is 0 Å². The Hall–Kier alpha value is -0.960. The number of sulfonamides is 1. The van der Waals surface area contributed by atoms with Crippen molar-refractivity contribution in [2.75, 3.05) is 33.4 Å². The summed E-state index contributed by atoms with van der Waals surface area (Å²) < 4.78 is 32.9.